The van der Waals surface area contributed by atoms with E-state index >= 15 is 0 Å². The second-order valence-electron chi connectivity index (χ2n) is 5.48. The largest absolute Gasteiger partial charge is 0.424 e. The lowest BCUT2D eigenvalue weighted by Gasteiger charge is -2.10. The number of sulfonamides is 1. The van der Waals surface area contributed by atoms with Crippen molar-refractivity contribution in [3.05, 3.63) is 72.1 Å². The Labute approximate surface area is 146 Å². The molecule has 7 heteroatoms. The molecule has 0 aliphatic heterocycles. The van der Waals surface area contributed by atoms with Crippen molar-refractivity contribution in [1.29, 1.82) is 0 Å². The first kappa shape index (κ1) is 16.9. The van der Waals surface area contributed by atoms with Gasteiger partial charge in [0.2, 0.25) is 0 Å². The molecule has 1 aromatic heterocycles. The molecule has 1 N–H and O–H groups in total. The summed E-state index contributed by atoms with van der Waals surface area (Å²) in [5.74, 6) is 0.443. The summed E-state index contributed by atoms with van der Waals surface area (Å²) in [4.78, 5) is 8.61. The van der Waals surface area contributed by atoms with Crippen LogP contribution in [0.25, 0.3) is 0 Å². The molecule has 3 aromatic rings. The van der Waals surface area contributed by atoms with Crippen molar-refractivity contribution >= 4 is 15.7 Å². The van der Waals surface area contributed by atoms with Crippen LogP contribution in [0.15, 0.2) is 65.6 Å². The van der Waals surface area contributed by atoms with E-state index in [2.05, 4.69) is 14.7 Å². The topological polar surface area (TPSA) is 81.2 Å². The third-order valence-corrected chi connectivity index (χ3v) is 4.71. The Morgan fingerprint density at radius 1 is 0.880 bits per heavy atom. The highest BCUT2D eigenvalue weighted by atomic mass is 32.2. The number of aromatic nitrogens is 2. The van der Waals surface area contributed by atoms with Gasteiger partial charge in [0.1, 0.15) is 5.75 Å². The van der Waals surface area contributed by atoms with Gasteiger partial charge in [-0.15, -0.1) is 0 Å². The van der Waals surface area contributed by atoms with Crippen molar-refractivity contribution in [3.8, 4) is 11.8 Å². The Hall–Kier alpha value is -2.93. The maximum Gasteiger partial charge on any atom is 0.322 e. The third-order valence-electron chi connectivity index (χ3n) is 3.31. The number of hydrogen-bond acceptors (Lipinski definition) is 5. The van der Waals surface area contributed by atoms with Gasteiger partial charge in [0.05, 0.1) is 10.6 Å². The lowest BCUT2D eigenvalue weighted by molar-refractivity contribution is 0.439. The summed E-state index contributed by atoms with van der Waals surface area (Å²) < 4.78 is 32.9. The van der Waals surface area contributed by atoms with E-state index in [9.17, 15) is 8.42 Å². The molecule has 0 aliphatic rings. The lowest BCUT2D eigenvalue weighted by Crippen LogP contribution is -2.12. The summed E-state index contributed by atoms with van der Waals surface area (Å²) in [6, 6.07) is 16.9. The summed E-state index contributed by atoms with van der Waals surface area (Å²) in [6.45, 7) is 3.71. The van der Waals surface area contributed by atoms with E-state index < -0.39 is 10.0 Å². The molecule has 0 spiro atoms. The van der Waals surface area contributed by atoms with Gasteiger partial charge in [0, 0.05) is 17.5 Å². The fourth-order valence-corrected chi connectivity index (χ4v) is 3.35. The van der Waals surface area contributed by atoms with Crippen molar-refractivity contribution in [2.45, 2.75) is 18.7 Å². The summed E-state index contributed by atoms with van der Waals surface area (Å²) in [6.07, 6.45) is 0. The number of nitrogens with zero attached hydrogens (tertiary/aromatic N) is 2. The zero-order valence-electron chi connectivity index (χ0n) is 13.8. The Bertz CT molecular complexity index is 969. The highest BCUT2D eigenvalue weighted by Crippen LogP contribution is 2.24. The average Bonchev–Trinajstić information content (AvgIpc) is 2.54. The Morgan fingerprint density at radius 2 is 1.56 bits per heavy atom. The van der Waals surface area contributed by atoms with Gasteiger partial charge in [-0.1, -0.05) is 24.3 Å². The van der Waals surface area contributed by atoms with Gasteiger partial charge in [-0.2, -0.15) is 0 Å². The van der Waals surface area contributed by atoms with Crippen molar-refractivity contribution < 1.29 is 13.2 Å². The van der Waals surface area contributed by atoms with Crippen LogP contribution in [0.3, 0.4) is 0 Å². The molecule has 25 heavy (non-hydrogen) atoms. The van der Waals surface area contributed by atoms with Crippen LogP contribution < -0.4 is 9.46 Å². The van der Waals surface area contributed by atoms with Crippen LogP contribution in [0.2, 0.25) is 0 Å². The Morgan fingerprint density at radius 3 is 2.24 bits per heavy atom. The van der Waals surface area contributed by atoms with Crippen molar-refractivity contribution in [2.75, 3.05) is 4.72 Å². The predicted molar refractivity (Wildman–Crippen MR) is 95.3 cm³/mol. The summed E-state index contributed by atoms with van der Waals surface area (Å²) in [5.41, 5.74) is 1.98. The number of benzene rings is 2. The maximum atomic E-state index is 12.4. The van der Waals surface area contributed by atoms with Crippen LogP contribution in [0, 0.1) is 13.8 Å². The summed E-state index contributed by atoms with van der Waals surface area (Å²) >= 11 is 0. The van der Waals surface area contributed by atoms with Gasteiger partial charge in [0.25, 0.3) is 10.0 Å². The molecule has 0 amide bonds. The number of aryl methyl sites for hydroxylation is 2. The zero-order chi connectivity index (χ0) is 17.9. The van der Waals surface area contributed by atoms with Crippen LogP contribution >= 0.6 is 0 Å². The van der Waals surface area contributed by atoms with E-state index in [1.807, 2.05) is 19.9 Å². The molecular formula is C18H17N3O3S. The molecule has 0 bridgehead atoms. The van der Waals surface area contributed by atoms with Crippen LogP contribution in [0.5, 0.6) is 11.8 Å². The van der Waals surface area contributed by atoms with E-state index in [1.54, 1.807) is 42.5 Å². The average molecular weight is 355 g/mol. The number of anilines is 1. The SMILES string of the molecule is Cc1cc(C)nc(Oc2cccc(NS(=O)(=O)c3ccccc3)c2)n1. The first-order valence-corrected chi connectivity index (χ1v) is 9.09. The second kappa shape index (κ2) is 6.90. The van der Waals surface area contributed by atoms with Crippen LogP contribution in [0.4, 0.5) is 5.69 Å². The zero-order valence-corrected chi connectivity index (χ0v) is 14.6. The monoisotopic (exact) mass is 355 g/mol. The molecule has 0 fully saturated rings. The van der Waals surface area contributed by atoms with Crippen molar-refractivity contribution in [3.63, 3.8) is 0 Å². The smallest absolute Gasteiger partial charge is 0.322 e. The molecule has 2 aromatic carbocycles. The number of ether oxygens (including phenoxy) is 1. The number of hydrogen-bond donors (Lipinski definition) is 1. The van der Waals surface area contributed by atoms with Crippen LogP contribution in [-0.4, -0.2) is 18.4 Å². The minimum Gasteiger partial charge on any atom is -0.424 e. The van der Waals surface area contributed by atoms with Gasteiger partial charge >= 0.3 is 6.01 Å². The van der Waals surface area contributed by atoms with E-state index in [-0.39, 0.29) is 10.9 Å². The molecule has 3 rings (SSSR count). The minimum atomic E-state index is -3.65. The van der Waals surface area contributed by atoms with E-state index in [1.165, 1.54) is 12.1 Å². The lowest BCUT2D eigenvalue weighted by atomic mass is 10.3. The second-order valence-corrected chi connectivity index (χ2v) is 7.16. The van der Waals surface area contributed by atoms with E-state index in [0.717, 1.165) is 11.4 Å². The molecule has 6 nitrogen and oxygen atoms in total. The summed E-state index contributed by atoms with van der Waals surface area (Å²) in [5, 5.41) is 0. The molecule has 0 saturated carbocycles. The molecule has 0 atom stereocenters. The van der Waals surface area contributed by atoms with Crippen LogP contribution in [0.1, 0.15) is 11.4 Å². The fourth-order valence-electron chi connectivity index (χ4n) is 2.28. The number of rotatable bonds is 5. The molecule has 0 saturated heterocycles. The maximum absolute atomic E-state index is 12.4. The highest BCUT2D eigenvalue weighted by Gasteiger charge is 2.14. The summed E-state index contributed by atoms with van der Waals surface area (Å²) in [7, 11) is -3.65. The molecule has 1 heterocycles. The third kappa shape index (κ3) is 4.33. The number of nitrogens with one attached hydrogen (secondary N) is 1. The first-order chi connectivity index (χ1) is 11.9. The highest BCUT2D eigenvalue weighted by molar-refractivity contribution is 7.92. The van der Waals surface area contributed by atoms with Gasteiger partial charge in [0.15, 0.2) is 0 Å². The Balaban J connectivity index is 1.82. The van der Waals surface area contributed by atoms with E-state index in [0.29, 0.717) is 11.4 Å². The normalized spacial score (nSPS) is 11.1. The minimum absolute atomic E-state index is 0.193. The fraction of sp³-hybridized carbons (Fsp3) is 0.111. The first-order valence-electron chi connectivity index (χ1n) is 7.60. The van der Waals surface area contributed by atoms with Crippen LogP contribution in [-0.2, 0) is 10.0 Å². The molecule has 0 aliphatic carbocycles. The van der Waals surface area contributed by atoms with E-state index in [4.69, 9.17) is 4.74 Å². The molecule has 0 unspecified atom stereocenters. The molecule has 128 valence electrons. The Kier molecular flexibility index (Phi) is 4.67. The van der Waals surface area contributed by atoms with Gasteiger partial charge in [-0.3, -0.25) is 4.72 Å². The van der Waals surface area contributed by atoms with Gasteiger partial charge in [-0.25, -0.2) is 18.4 Å². The van der Waals surface area contributed by atoms with Crippen molar-refractivity contribution in [1.82, 2.24) is 9.97 Å². The van der Waals surface area contributed by atoms with Gasteiger partial charge in [-0.05, 0) is 44.2 Å². The molecular weight excluding hydrogens is 338 g/mol. The van der Waals surface area contributed by atoms with Gasteiger partial charge < -0.3 is 4.74 Å². The van der Waals surface area contributed by atoms with Crippen molar-refractivity contribution in [2.24, 2.45) is 0 Å². The molecule has 0 radical (unpaired) electrons. The quantitative estimate of drug-likeness (QED) is 0.755. The standard InChI is InChI=1S/C18H17N3O3S/c1-13-11-14(2)20-18(19-13)24-16-8-6-7-15(12-16)21-25(22,23)17-9-4-3-5-10-17/h3-12,21H,1-2H3. The predicted octanol–water partition coefficient (Wildman–Crippen LogP) is 3.69.